The van der Waals surface area contributed by atoms with Gasteiger partial charge in [-0.1, -0.05) is 20.8 Å². The first-order valence-corrected chi connectivity index (χ1v) is 9.47. The zero-order valence-electron chi connectivity index (χ0n) is 16.2. The van der Waals surface area contributed by atoms with E-state index in [1.807, 2.05) is 0 Å². The Morgan fingerprint density at radius 1 is 1.22 bits per heavy atom. The van der Waals surface area contributed by atoms with E-state index in [4.69, 9.17) is 9.47 Å². The van der Waals surface area contributed by atoms with Gasteiger partial charge in [-0.05, 0) is 43.9 Å². The van der Waals surface area contributed by atoms with Crippen molar-refractivity contribution in [1.82, 2.24) is 15.2 Å². The molecular formula is C18H27N5O4. The first-order valence-electron chi connectivity index (χ1n) is 9.47. The number of carbonyl (C=O) groups excluding carboxylic acids is 2. The van der Waals surface area contributed by atoms with Crippen LogP contribution in [0.15, 0.2) is 5.10 Å². The number of nitrogens with zero attached hydrogens (tertiary/aromatic N) is 3. The molecule has 0 bridgehead atoms. The highest BCUT2D eigenvalue weighted by Crippen LogP contribution is 2.41. The average Bonchev–Trinajstić information content (AvgIpc) is 2.99. The number of aryl methyl sites for hydroxylation is 1. The molecule has 1 aliphatic carbocycles. The maximum atomic E-state index is 12.3. The van der Waals surface area contributed by atoms with Gasteiger partial charge in [-0.15, -0.1) is 5.10 Å². The van der Waals surface area contributed by atoms with E-state index in [0.29, 0.717) is 36.4 Å². The lowest BCUT2D eigenvalue weighted by Gasteiger charge is -2.42. The molecule has 1 spiro atoms. The van der Waals surface area contributed by atoms with Crippen molar-refractivity contribution < 1.29 is 19.1 Å². The van der Waals surface area contributed by atoms with Crippen molar-refractivity contribution in [3.05, 3.63) is 5.82 Å². The maximum absolute atomic E-state index is 12.3. The predicted octanol–water partition coefficient (Wildman–Crippen LogP) is 2.55. The Bertz CT molecular complexity index is 712. The fourth-order valence-corrected chi connectivity index (χ4v) is 3.92. The van der Waals surface area contributed by atoms with Gasteiger partial charge in [0.25, 0.3) is 17.4 Å². The number of carbonyl (C=O) groups is 2. The van der Waals surface area contributed by atoms with E-state index < -0.39 is 23.4 Å². The number of anilines is 1. The highest BCUT2D eigenvalue weighted by molar-refractivity contribution is 6.63. The van der Waals surface area contributed by atoms with Crippen LogP contribution in [0, 0.1) is 24.7 Å². The molecule has 2 N–H and O–H groups in total. The summed E-state index contributed by atoms with van der Waals surface area (Å²) in [5.74, 6) is -0.165. The van der Waals surface area contributed by atoms with Crippen LogP contribution in [0.25, 0.3) is 0 Å². The van der Waals surface area contributed by atoms with Crippen LogP contribution in [0.4, 0.5) is 5.95 Å². The van der Waals surface area contributed by atoms with Crippen LogP contribution in [-0.4, -0.2) is 38.6 Å². The molecule has 1 unspecified atom stereocenters. The fourth-order valence-electron chi connectivity index (χ4n) is 3.92. The van der Waals surface area contributed by atoms with Gasteiger partial charge in [0.05, 0.1) is 0 Å². The highest BCUT2D eigenvalue weighted by Gasteiger charge is 2.49. The number of nitrogens with one attached hydrogen (secondary N) is 2. The summed E-state index contributed by atoms with van der Waals surface area (Å²) in [5, 5.41) is 10.2. The Morgan fingerprint density at radius 2 is 1.85 bits per heavy atom. The molecule has 148 valence electrons. The summed E-state index contributed by atoms with van der Waals surface area (Å²) in [6, 6.07) is 0. The lowest BCUT2D eigenvalue weighted by Crippen LogP contribution is -2.52. The standard InChI is InChI=1S/C18H27N5O4/c1-10(2)9-11(3)13-5-7-18(8-6-13)26-15(24)14(16(25)27-18)21-23-17-19-12(4)20-22-17/h10-11,13H,5-9H2,1-4H3,(H2,19,20,22,23). The van der Waals surface area contributed by atoms with Gasteiger partial charge in [0, 0.05) is 12.8 Å². The molecule has 1 saturated carbocycles. The van der Waals surface area contributed by atoms with Gasteiger partial charge >= 0.3 is 11.9 Å². The largest absolute Gasteiger partial charge is 0.417 e. The third-order valence-electron chi connectivity index (χ3n) is 5.25. The Kier molecular flexibility index (Phi) is 5.48. The molecule has 27 heavy (non-hydrogen) atoms. The monoisotopic (exact) mass is 377 g/mol. The van der Waals surface area contributed by atoms with Crippen LogP contribution in [-0.2, 0) is 19.1 Å². The molecule has 1 atom stereocenters. The number of aromatic amines is 1. The summed E-state index contributed by atoms with van der Waals surface area (Å²) >= 11 is 0. The molecule has 1 aliphatic heterocycles. The summed E-state index contributed by atoms with van der Waals surface area (Å²) in [6.07, 6.45) is 3.96. The van der Waals surface area contributed by atoms with Crippen molar-refractivity contribution in [3.63, 3.8) is 0 Å². The molecule has 0 radical (unpaired) electrons. The Labute approximate surface area is 158 Å². The Balaban J connectivity index is 1.60. The molecule has 2 fully saturated rings. The number of esters is 2. The van der Waals surface area contributed by atoms with E-state index >= 15 is 0 Å². The van der Waals surface area contributed by atoms with Crippen molar-refractivity contribution in [3.8, 4) is 0 Å². The topological polar surface area (TPSA) is 119 Å². The minimum Gasteiger partial charge on any atom is -0.417 e. The number of hydrogen-bond donors (Lipinski definition) is 2. The first kappa shape index (κ1) is 19.3. The predicted molar refractivity (Wildman–Crippen MR) is 97.7 cm³/mol. The molecule has 9 nitrogen and oxygen atoms in total. The summed E-state index contributed by atoms with van der Waals surface area (Å²) in [7, 11) is 0. The highest BCUT2D eigenvalue weighted by atomic mass is 16.7. The molecule has 1 aromatic rings. The molecule has 0 aromatic carbocycles. The lowest BCUT2D eigenvalue weighted by atomic mass is 9.75. The molecule has 1 saturated heterocycles. The van der Waals surface area contributed by atoms with Gasteiger partial charge in [-0.25, -0.2) is 15.0 Å². The van der Waals surface area contributed by atoms with Gasteiger partial charge in [0.2, 0.25) is 0 Å². The number of rotatable bonds is 5. The quantitative estimate of drug-likeness (QED) is 0.598. The summed E-state index contributed by atoms with van der Waals surface area (Å²) in [6.45, 7) is 8.43. The zero-order valence-corrected chi connectivity index (χ0v) is 16.2. The van der Waals surface area contributed by atoms with E-state index in [0.717, 1.165) is 12.8 Å². The molecule has 0 amide bonds. The van der Waals surface area contributed by atoms with Crippen LogP contribution < -0.4 is 5.43 Å². The number of ether oxygens (including phenoxy) is 2. The van der Waals surface area contributed by atoms with Crippen molar-refractivity contribution in [2.45, 2.75) is 65.6 Å². The van der Waals surface area contributed by atoms with E-state index in [1.165, 1.54) is 6.42 Å². The number of hydrazone groups is 1. The van der Waals surface area contributed by atoms with Crippen LogP contribution in [0.5, 0.6) is 0 Å². The van der Waals surface area contributed by atoms with Crippen molar-refractivity contribution in [2.75, 3.05) is 5.43 Å². The Hall–Kier alpha value is -2.45. The van der Waals surface area contributed by atoms with Gasteiger partial charge in [-0.2, -0.15) is 10.1 Å². The van der Waals surface area contributed by atoms with Crippen LogP contribution >= 0.6 is 0 Å². The first-order chi connectivity index (χ1) is 12.8. The average molecular weight is 377 g/mol. The van der Waals surface area contributed by atoms with Crippen LogP contribution in [0.2, 0.25) is 0 Å². The minimum absolute atomic E-state index is 0.153. The Morgan fingerprint density at radius 3 is 2.37 bits per heavy atom. The maximum Gasteiger partial charge on any atom is 0.369 e. The smallest absolute Gasteiger partial charge is 0.369 e. The van der Waals surface area contributed by atoms with E-state index in [9.17, 15) is 9.59 Å². The minimum atomic E-state index is -1.15. The second kappa shape index (κ2) is 7.66. The zero-order chi connectivity index (χ0) is 19.6. The molecule has 1 aromatic heterocycles. The SMILES string of the molecule is Cc1nc(NN=C2C(=O)OC3(CCC(C(C)CC(C)C)CC3)OC2=O)n[nH]1. The number of H-pyrrole nitrogens is 1. The van der Waals surface area contributed by atoms with Gasteiger partial charge in [0.15, 0.2) is 0 Å². The summed E-state index contributed by atoms with van der Waals surface area (Å²) in [4.78, 5) is 28.6. The lowest BCUT2D eigenvalue weighted by molar-refractivity contribution is -0.241. The van der Waals surface area contributed by atoms with Crippen molar-refractivity contribution in [2.24, 2.45) is 22.9 Å². The molecule has 9 heteroatoms. The van der Waals surface area contributed by atoms with Gasteiger partial charge in [-0.3, -0.25) is 5.10 Å². The third-order valence-corrected chi connectivity index (χ3v) is 5.25. The second-order valence-electron chi connectivity index (χ2n) is 7.95. The number of hydrogen-bond acceptors (Lipinski definition) is 8. The van der Waals surface area contributed by atoms with Crippen LogP contribution in [0.3, 0.4) is 0 Å². The van der Waals surface area contributed by atoms with Crippen LogP contribution in [0.1, 0.15) is 58.7 Å². The molecule has 2 heterocycles. The third kappa shape index (κ3) is 4.45. The van der Waals surface area contributed by atoms with Gasteiger partial charge in [0.1, 0.15) is 5.82 Å². The second-order valence-corrected chi connectivity index (χ2v) is 7.95. The number of aromatic nitrogens is 3. The summed E-state index contributed by atoms with van der Waals surface area (Å²) < 4.78 is 11.0. The fraction of sp³-hybridized carbons (Fsp3) is 0.722. The molecule has 2 aliphatic rings. The van der Waals surface area contributed by atoms with Crippen molar-refractivity contribution >= 4 is 23.6 Å². The van der Waals surface area contributed by atoms with Gasteiger partial charge < -0.3 is 9.47 Å². The van der Waals surface area contributed by atoms with E-state index in [1.54, 1.807) is 6.92 Å². The molecule has 3 rings (SSSR count). The van der Waals surface area contributed by atoms with Crippen molar-refractivity contribution in [1.29, 1.82) is 0 Å². The van der Waals surface area contributed by atoms with E-state index in [-0.39, 0.29) is 5.95 Å². The summed E-state index contributed by atoms with van der Waals surface area (Å²) in [5.41, 5.74) is 2.03. The normalized spacial score (nSPS) is 26.7. The molecular weight excluding hydrogens is 350 g/mol. The van der Waals surface area contributed by atoms with E-state index in [2.05, 4.69) is 46.5 Å².